The summed E-state index contributed by atoms with van der Waals surface area (Å²) in [6.45, 7) is -1.42. The van der Waals surface area contributed by atoms with Crippen molar-refractivity contribution < 1.29 is 23.1 Å². The first kappa shape index (κ1) is 11.3. The fourth-order valence-electron chi connectivity index (χ4n) is 1.30. The van der Waals surface area contributed by atoms with Gasteiger partial charge in [0, 0.05) is 6.54 Å². The van der Waals surface area contributed by atoms with Crippen molar-refractivity contribution in [1.29, 1.82) is 0 Å². The number of carboxylic acid groups (broad SMARTS) is 1. The van der Waals surface area contributed by atoms with Crippen molar-refractivity contribution in [2.75, 3.05) is 19.6 Å². The predicted molar refractivity (Wildman–Crippen MR) is 42.9 cm³/mol. The van der Waals surface area contributed by atoms with Gasteiger partial charge >= 0.3 is 12.1 Å². The molecule has 0 radical (unpaired) electrons. The Hall–Kier alpha value is -0.780. The molecular formula is C8H12F3NO2. The van der Waals surface area contributed by atoms with Gasteiger partial charge in [-0.3, -0.25) is 9.69 Å². The van der Waals surface area contributed by atoms with E-state index in [-0.39, 0.29) is 12.5 Å². The molecule has 82 valence electrons. The van der Waals surface area contributed by atoms with Crippen LogP contribution in [-0.2, 0) is 4.79 Å². The predicted octanol–water partition coefficient (Wildman–Crippen LogP) is 1.35. The molecule has 0 spiro atoms. The molecule has 0 amide bonds. The Bertz CT molecular complexity index is 213. The summed E-state index contributed by atoms with van der Waals surface area (Å²) < 4.78 is 36.0. The molecule has 1 aliphatic carbocycles. The van der Waals surface area contributed by atoms with Gasteiger partial charge in [0.15, 0.2) is 0 Å². The molecule has 0 unspecified atom stereocenters. The summed E-state index contributed by atoms with van der Waals surface area (Å²) in [5.74, 6) is -0.952. The van der Waals surface area contributed by atoms with Crippen LogP contribution in [0, 0.1) is 5.92 Å². The van der Waals surface area contributed by atoms with Crippen LogP contribution in [-0.4, -0.2) is 41.8 Å². The summed E-state index contributed by atoms with van der Waals surface area (Å²) in [7, 11) is 0. The second-order valence-electron chi connectivity index (χ2n) is 3.62. The second kappa shape index (κ2) is 4.16. The first-order chi connectivity index (χ1) is 6.37. The van der Waals surface area contributed by atoms with Crippen molar-refractivity contribution in [2.45, 2.75) is 19.0 Å². The molecule has 1 saturated carbocycles. The number of nitrogens with zero attached hydrogens (tertiary/aromatic N) is 1. The van der Waals surface area contributed by atoms with E-state index in [0.717, 1.165) is 17.7 Å². The minimum absolute atomic E-state index is 0.242. The molecule has 0 aliphatic heterocycles. The van der Waals surface area contributed by atoms with Gasteiger partial charge in [-0.2, -0.15) is 13.2 Å². The van der Waals surface area contributed by atoms with E-state index in [1.54, 1.807) is 0 Å². The zero-order valence-electron chi connectivity index (χ0n) is 7.55. The fourth-order valence-corrected chi connectivity index (χ4v) is 1.30. The number of halogens is 3. The van der Waals surface area contributed by atoms with Gasteiger partial charge in [-0.15, -0.1) is 0 Å². The third kappa shape index (κ3) is 5.06. The molecule has 1 rings (SSSR count). The largest absolute Gasteiger partial charge is 0.480 e. The van der Waals surface area contributed by atoms with Gasteiger partial charge in [-0.25, -0.2) is 0 Å². The van der Waals surface area contributed by atoms with E-state index >= 15 is 0 Å². The lowest BCUT2D eigenvalue weighted by Crippen LogP contribution is -2.39. The molecular weight excluding hydrogens is 199 g/mol. The zero-order chi connectivity index (χ0) is 10.8. The van der Waals surface area contributed by atoms with Crippen LogP contribution in [0.3, 0.4) is 0 Å². The Kier molecular flexibility index (Phi) is 3.36. The number of rotatable bonds is 5. The SMILES string of the molecule is O=C(O)CN(CC1CC1)CC(F)(F)F. The van der Waals surface area contributed by atoms with Crippen LogP contribution >= 0.6 is 0 Å². The van der Waals surface area contributed by atoms with Crippen LogP contribution < -0.4 is 0 Å². The number of carbonyl (C=O) groups is 1. The van der Waals surface area contributed by atoms with Gasteiger partial charge in [-0.1, -0.05) is 0 Å². The van der Waals surface area contributed by atoms with E-state index < -0.39 is 25.2 Å². The first-order valence-electron chi connectivity index (χ1n) is 4.38. The van der Waals surface area contributed by atoms with E-state index in [9.17, 15) is 18.0 Å². The topological polar surface area (TPSA) is 40.5 Å². The van der Waals surface area contributed by atoms with Crippen molar-refractivity contribution in [3.05, 3.63) is 0 Å². The maximum Gasteiger partial charge on any atom is 0.401 e. The molecule has 1 N–H and O–H groups in total. The van der Waals surface area contributed by atoms with Crippen LogP contribution in [0.2, 0.25) is 0 Å². The molecule has 0 bridgehead atoms. The molecule has 1 aliphatic rings. The highest BCUT2D eigenvalue weighted by molar-refractivity contribution is 5.69. The van der Waals surface area contributed by atoms with Crippen LogP contribution in [0.15, 0.2) is 0 Å². The summed E-state index contributed by atoms with van der Waals surface area (Å²) >= 11 is 0. The van der Waals surface area contributed by atoms with Crippen molar-refractivity contribution in [3.8, 4) is 0 Å². The van der Waals surface area contributed by atoms with Crippen LogP contribution in [0.1, 0.15) is 12.8 Å². The number of alkyl halides is 3. The molecule has 0 aromatic rings. The van der Waals surface area contributed by atoms with Crippen molar-refractivity contribution in [2.24, 2.45) is 5.92 Å². The number of hydrogen-bond donors (Lipinski definition) is 1. The summed E-state index contributed by atoms with van der Waals surface area (Å²) in [6, 6.07) is 0. The van der Waals surface area contributed by atoms with Gasteiger partial charge in [0.2, 0.25) is 0 Å². The monoisotopic (exact) mass is 211 g/mol. The standard InChI is InChI=1S/C8H12F3NO2/c9-8(10,11)5-12(4-7(13)14)3-6-1-2-6/h6H,1-5H2,(H,13,14). The number of carboxylic acids is 1. The molecule has 1 fully saturated rings. The quantitative estimate of drug-likeness (QED) is 0.746. The Labute approximate surface area is 79.5 Å². The highest BCUT2D eigenvalue weighted by Crippen LogP contribution is 2.30. The smallest absolute Gasteiger partial charge is 0.401 e. The summed E-state index contributed by atoms with van der Waals surface area (Å²) in [4.78, 5) is 11.2. The third-order valence-electron chi connectivity index (χ3n) is 1.98. The van der Waals surface area contributed by atoms with Crippen LogP contribution in [0.4, 0.5) is 13.2 Å². The molecule has 0 atom stereocenters. The normalized spacial score (nSPS) is 17.4. The van der Waals surface area contributed by atoms with E-state index in [0.29, 0.717) is 0 Å². The van der Waals surface area contributed by atoms with Crippen LogP contribution in [0.25, 0.3) is 0 Å². The molecule has 6 heteroatoms. The Balaban J connectivity index is 2.38. The minimum atomic E-state index is -4.32. The summed E-state index contributed by atoms with van der Waals surface area (Å²) in [5.41, 5.74) is 0. The minimum Gasteiger partial charge on any atom is -0.480 e. The number of hydrogen-bond acceptors (Lipinski definition) is 2. The summed E-state index contributed by atoms with van der Waals surface area (Å²) in [6.07, 6.45) is -2.49. The molecule has 0 aromatic carbocycles. The van der Waals surface area contributed by atoms with E-state index in [4.69, 9.17) is 5.11 Å². The molecule has 0 aromatic heterocycles. The first-order valence-corrected chi connectivity index (χ1v) is 4.38. The molecule has 0 heterocycles. The Morgan fingerprint density at radius 3 is 2.36 bits per heavy atom. The van der Waals surface area contributed by atoms with Crippen LogP contribution in [0.5, 0.6) is 0 Å². The highest BCUT2D eigenvalue weighted by Gasteiger charge is 2.34. The lowest BCUT2D eigenvalue weighted by atomic mass is 10.3. The van der Waals surface area contributed by atoms with Crippen molar-refractivity contribution in [1.82, 2.24) is 4.90 Å². The van der Waals surface area contributed by atoms with Gasteiger partial charge < -0.3 is 5.11 Å². The van der Waals surface area contributed by atoms with E-state index in [2.05, 4.69) is 0 Å². The van der Waals surface area contributed by atoms with Gasteiger partial charge in [-0.05, 0) is 18.8 Å². The zero-order valence-corrected chi connectivity index (χ0v) is 7.55. The molecule has 0 saturated heterocycles. The van der Waals surface area contributed by atoms with Gasteiger partial charge in [0.05, 0.1) is 13.1 Å². The Morgan fingerprint density at radius 2 is 2.00 bits per heavy atom. The maximum absolute atomic E-state index is 12.0. The molecule has 3 nitrogen and oxygen atoms in total. The average molecular weight is 211 g/mol. The maximum atomic E-state index is 12.0. The van der Waals surface area contributed by atoms with Gasteiger partial charge in [0.1, 0.15) is 0 Å². The average Bonchev–Trinajstić information content (AvgIpc) is 2.64. The second-order valence-corrected chi connectivity index (χ2v) is 3.62. The lowest BCUT2D eigenvalue weighted by molar-refractivity contribution is -0.154. The number of aliphatic carboxylic acids is 1. The van der Waals surface area contributed by atoms with Crippen molar-refractivity contribution in [3.63, 3.8) is 0 Å². The van der Waals surface area contributed by atoms with Gasteiger partial charge in [0.25, 0.3) is 0 Å². The fraction of sp³-hybridized carbons (Fsp3) is 0.875. The highest BCUT2D eigenvalue weighted by atomic mass is 19.4. The van der Waals surface area contributed by atoms with E-state index in [1.807, 2.05) is 0 Å². The summed E-state index contributed by atoms with van der Waals surface area (Å²) in [5, 5.41) is 8.41. The lowest BCUT2D eigenvalue weighted by Gasteiger charge is -2.21. The third-order valence-corrected chi connectivity index (χ3v) is 1.98. The van der Waals surface area contributed by atoms with E-state index in [1.165, 1.54) is 0 Å². The van der Waals surface area contributed by atoms with Crippen molar-refractivity contribution >= 4 is 5.97 Å². The Morgan fingerprint density at radius 1 is 1.43 bits per heavy atom. The molecule has 14 heavy (non-hydrogen) atoms.